The second kappa shape index (κ2) is 6.64. The van der Waals surface area contributed by atoms with Crippen LogP contribution in [0.25, 0.3) is 0 Å². The zero-order valence-corrected chi connectivity index (χ0v) is 11.5. The van der Waals surface area contributed by atoms with Gasteiger partial charge >= 0.3 is 6.36 Å². The quantitative estimate of drug-likeness (QED) is 0.866. The van der Waals surface area contributed by atoms with Crippen molar-refractivity contribution in [3.8, 4) is 5.75 Å². The van der Waals surface area contributed by atoms with Gasteiger partial charge in [0.05, 0.1) is 0 Å². The summed E-state index contributed by atoms with van der Waals surface area (Å²) in [6.45, 7) is -0.0245. The molecule has 1 N–H and O–H groups in total. The van der Waals surface area contributed by atoms with Crippen LogP contribution < -0.4 is 10.1 Å². The van der Waals surface area contributed by atoms with Crippen molar-refractivity contribution in [3.63, 3.8) is 0 Å². The van der Waals surface area contributed by atoms with Crippen molar-refractivity contribution in [2.24, 2.45) is 0 Å². The zero-order valence-electron chi connectivity index (χ0n) is 11.5. The third-order valence-corrected chi connectivity index (χ3v) is 2.73. The van der Waals surface area contributed by atoms with E-state index in [0.717, 1.165) is 24.3 Å². The molecule has 2 rings (SSSR count). The molecule has 0 aliphatic carbocycles. The standard InChI is InChI=1S/C15H10F5NO2/c16-11-5-10(6-12(17)7-11)14(22)21-8-9-1-3-13(4-2-9)23-15(18,19)20/h1-7H,8H2,(H,21,22). The van der Waals surface area contributed by atoms with E-state index in [4.69, 9.17) is 0 Å². The Labute approximate surface area is 127 Å². The molecule has 8 heteroatoms. The van der Waals surface area contributed by atoms with Gasteiger partial charge in [0.1, 0.15) is 17.4 Å². The molecule has 0 radical (unpaired) electrons. The zero-order chi connectivity index (χ0) is 17.0. The number of amides is 1. The van der Waals surface area contributed by atoms with Crippen LogP contribution in [0.15, 0.2) is 42.5 Å². The van der Waals surface area contributed by atoms with Crippen molar-refractivity contribution in [2.45, 2.75) is 12.9 Å². The third-order valence-electron chi connectivity index (χ3n) is 2.73. The van der Waals surface area contributed by atoms with Gasteiger partial charge in [-0.05, 0) is 29.8 Å². The molecule has 0 atom stereocenters. The highest BCUT2D eigenvalue weighted by molar-refractivity contribution is 5.94. The van der Waals surface area contributed by atoms with Crippen LogP contribution in [-0.2, 0) is 6.54 Å². The van der Waals surface area contributed by atoms with Crippen LogP contribution in [0, 0.1) is 11.6 Å². The smallest absolute Gasteiger partial charge is 0.406 e. The molecule has 0 aliphatic rings. The predicted molar refractivity (Wildman–Crippen MR) is 70.7 cm³/mol. The van der Waals surface area contributed by atoms with Gasteiger partial charge in [-0.1, -0.05) is 12.1 Å². The number of carbonyl (C=O) groups is 1. The molecule has 2 aromatic rings. The molecule has 0 saturated carbocycles. The van der Waals surface area contributed by atoms with Crippen LogP contribution in [0.1, 0.15) is 15.9 Å². The summed E-state index contributed by atoms with van der Waals surface area (Å²) >= 11 is 0. The van der Waals surface area contributed by atoms with Gasteiger partial charge in [0.2, 0.25) is 0 Å². The number of benzene rings is 2. The highest BCUT2D eigenvalue weighted by Gasteiger charge is 2.30. The van der Waals surface area contributed by atoms with Crippen LogP contribution in [0.5, 0.6) is 5.75 Å². The number of carbonyl (C=O) groups excluding carboxylic acids is 1. The first-order valence-electron chi connectivity index (χ1n) is 6.32. The van der Waals surface area contributed by atoms with Crippen LogP contribution in [0.4, 0.5) is 22.0 Å². The predicted octanol–water partition coefficient (Wildman–Crippen LogP) is 3.79. The summed E-state index contributed by atoms with van der Waals surface area (Å²) < 4.78 is 65.7. The van der Waals surface area contributed by atoms with Crippen LogP contribution in [-0.4, -0.2) is 12.3 Å². The fourth-order valence-electron chi connectivity index (χ4n) is 1.78. The van der Waals surface area contributed by atoms with Crippen molar-refractivity contribution in [1.82, 2.24) is 5.32 Å². The summed E-state index contributed by atoms with van der Waals surface area (Å²) in [5.41, 5.74) is 0.296. The maximum atomic E-state index is 13.0. The Morgan fingerprint density at radius 3 is 2.09 bits per heavy atom. The molecular weight excluding hydrogens is 321 g/mol. The van der Waals surface area contributed by atoms with E-state index >= 15 is 0 Å². The molecule has 0 heterocycles. The van der Waals surface area contributed by atoms with Crippen molar-refractivity contribution in [2.75, 3.05) is 0 Å². The van der Waals surface area contributed by atoms with E-state index in [9.17, 15) is 26.7 Å². The molecule has 0 spiro atoms. The minimum atomic E-state index is -4.78. The van der Waals surface area contributed by atoms with Gasteiger partial charge in [0.15, 0.2) is 0 Å². The second-order valence-electron chi connectivity index (χ2n) is 4.53. The molecule has 0 aromatic heterocycles. The van der Waals surface area contributed by atoms with Crippen molar-refractivity contribution in [1.29, 1.82) is 0 Å². The maximum Gasteiger partial charge on any atom is 0.573 e. The van der Waals surface area contributed by atoms with Gasteiger partial charge in [-0.15, -0.1) is 13.2 Å². The first-order chi connectivity index (χ1) is 10.7. The lowest BCUT2D eigenvalue weighted by Gasteiger charge is -2.10. The Balaban J connectivity index is 1.96. The molecule has 3 nitrogen and oxygen atoms in total. The third kappa shape index (κ3) is 5.24. The summed E-state index contributed by atoms with van der Waals surface area (Å²) in [6.07, 6.45) is -4.78. The van der Waals surface area contributed by atoms with Crippen molar-refractivity contribution in [3.05, 3.63) is 65.2 Å². The maximum absolute atomic E-state index is 13.0. The monoisotopic (exact) mass is 331 g/mol. The Morgan fingerprint density at radius 2 is 1.57 bits per heavy atom. The first kappa shape index (κ1) is 16.7. The molecule has 0 saturated heterocycles. The fraction of sp³-hybridized carbons (Fsp3) is 0.133. The van der Waals surface area contributed by atoms with Crippen molar-refractivity contribution >= 4 is 5.91 Å². The van der Waals surface area contributed by atoms with E-state index in [1.54, 1.807) is 0 Å². The lowest BCUT2D eigenvalue weighted by molar-refractivity contribution is -0.274. The summed E-state index contributed by atoms with van der Waals surface area (Å²) in [7, 11) is 0. The lowest BCUT2D eigenvalue weighted by atomic mass is 10.2. The van der Waals surface area contributed by atoms with E-state index in [0.29, 0.717) is 11.6 Å². The van der Waals surface area contributed by atoms with Gasteiger partial charge < -0.3 is 10.1 Å². The number of ether oxygens (including phenoxy) is 1. The normalized spacial score (nSPS) is 11.2. The molecule has 23 heavy (non-hydrogen) atoms. The number of rotatable bonds is 4. The highest BCUT2D eigenvalue weighted by atomic mass is 19.4. The molecular formula is C15H10F5NO2. The van der Waals surface area contributed by atoms with Crippen LogP contribution >= 0.6 is 0 Å². The Morgan fingerprint density at radius 1 is 1.00 bits per heavy atom. The fourth-order valence-corrected chi connectivity index (χ4v) is 1.78. The highest BCUT2D eigenvalue weighted by Crippen LogP contribution is 2.22. The van der Waals surface area contributed by atoms with Gasteiger partial charge in [0, 0.05) is 18.2 Å². The number of nitrogens with one attached hydrogen (secondary N) is 1. The van der Waals surface area contributed by atoms with Crippen molar-refractivity contribution < 1.29 is 31.5 Å². The molecule has 2 aromatic carbocycles. The molecule has 0 unspecified atom stereocenters. The van der Waals surface area contributed by atoms with Gasteiger partial charge in [-0.25, -0.2) is 8.78 Å². The molecule has 1 amide bonds. The Kier molecular flexibility index (Phi) is 4.83. The summed E-state index contributed by atoms with van der Waals surface area (Å²) in [5.74, 6) is -2.87. The van der Waals surface area contributed by atoms with Gasteiger partial charge in [-0.3, -0.25) is 4.79 Å². The van der Waals surface area contributed by atoms with E-state index < -0.39 is 23.9 Å². The van der Waals surface area contributed by atoms with Crippen LogP contribution in [0.2, 0.25) is 0 Å². The number of alkyl halides is 3. The number of hydrogen-bond acceptors (Lipinski definition) is 2. The number of halogens is 5. The van der Waals surface area contributed by atoms with Crippen LogP contribution in [0.3, 0.4) is 0 Å². The average molecular weight is 331 g/mol. The topological polar surface area (TPSA) is 38.3 Å². The van der Waals surface area contributed by atoms with E-state index in [2.05, 4.69) is 10.1 Å². The second-order valence-corrected chi connectivity index (χ2v) is 4.53. The molecule has 0 aliphatic heterocycles. The Bertz CT molecular complexity index is 678. The summed E-state index contributed by atoms with van der Waals surface area (Å²) in [5, 5.41) is 2.40. The summed E-state index contributed by atoms with van der Waals surface area (Å²) in [6, 6.07) is 7.22. The average Bonchev–Trinajstić information content (AvgIpc) is 2.43. The van der Waals surface area contributed by atoms with E-state index in [-0.39, 0.29) is 17.9 Å². The SMILES string of the molecule is O=C(NCc1ccc(OC(F)(F)F)cc1)c1cc(F)cc(F)c1. The van der Waals surface area contributed by atoms with E-state index in [1.165, 1.54) is 12.1 Å². The lowest BCUT2D eigenvalue weighted by Crippen LogP contribution is -2.23. The van der Waals surface area contributed by atoms with Gasteiger partial charge in [0.25, 0.3) is 5.91 Å². The number of hydrogen-bond donors (Lipinski definition) is 1. The molecule has 0 bridgehead atoms. The molecule has 0 fully saturated rings. The largest absolute Gasteiger partial charge is 0.573 e. The summed E-state index contributed by atoms with van der Waals surface area (Å²) in [4.78, 5) is 11.8. The molecule has 122 valence electrons. The minimum Gasteiger partial charge on any atom is -0.406 e. The van der Waals surface area contributed by atoms with Gasteiger partial charge in [-0.2, -0.15) is 0 Å². The van der Waals surface area contributed by atoms with E-state index in [1.807, 2.05) is 0 Å². The Hall–Kier alpha value is -2.64. The first-order valence-corrected chi connectivity index (χ1v) is 6.32. The minimum absolute atomic E-state index is 0.0245.